The van der Waals surface area contributed by atoms with Crippen LogP contribution in [0.3, 0.4) is 0 Å². The van der Waals surface area contributed by atoms with Crippen LogP contribution in [-0.4, -0.2) is 12.6 Å². The molecule has 0 radical (unpaired) electrons. The summed E-state index contributed by atoms with van der Waals surface area (Å²) in [7, 11) is 0. The molecule has 0 aromatic heterocycles. The molecule has 1 saturated carbocycles. The Morgan fingerprint density at radius 3 is 1.69 bits per heavy atom. The second-order valence-electron chi connectivity index (χ2n) is 4.04. The van der Waals surface area contributed by atoms with Gasteiger partial charge in [-0.05, 0) is 25.7 Å². The Bertz CT molecular complexity index is 195. The van der Waals surface area contributed by atoms with Crippen molar-refractivity contribution in [3.05, 3.63) is 25.3 Å². The molecule has 0 N–H and O–H groups in total. The normalized spacial score (nSPS) is 22.6. The summed E-state index contributed by atoms with van der Waals surface area (Å²) in [5.74, 6) is 1.65. The van der Waals surface area contributed by atoms with Gasteiger partial charge in [0.25, 0.3) is 0 Å². The summed E-state index contributed by atoms with van der Waals surface area (Å²) in [6.45, 7) is 12.7. The van der Waals surface area contributed by atoms with E-state index in [0.717, 1.165) is 18.8 Å². The molecule has 1 fully saturated rings. The van der Waals surface area contributed by atoms with Crippen molar-refractivity contribution in [2.45, 2.75) is 39.5 Å². The van der Waals surface area contributed by atoms with E-state index in [0.29, 0.717) is 11.7 Å². The molecule has 0 atom stereocenters. The summed E-state index contributed by atoms with van der Waals surface area (Å²) in [5.41, 5.74) is 0. The van der Waals surface area contributed by atoms with Crippen molar-refractivity contribution in [3.8, 4) is 0 Å². The van der Waals surface area contributed by atoms with Crippen molar-refractivity contribution in [1.29, 1.82) is 0 Å². The van der Waals surface area contributed by atoms with Crippen LogP contribution in [0.25, 0.3) is 0 Å². The lowest BCUT2D eigenvalue weighted by molar-refractivity contribution is -0.121. The van der Waals surface area contributed by atoms with E-state index in [1.165, 1.54) is 12.8 Å². The monoisotopic (exact) mass is 224 g/mol. The first-order chi connectivity index (χ1) is 7.61. The molecule has 0 amide bonds. The zero-order chi connectivity index (χ0) is 13.0. The quantitative estimate of drug-likeness (QED) is 0.672. The summed E-state index contributed by atoms with van der Waals surface area (Å²) >= 11 is 0. The number of ketones is 1. The standard InChI is InChI=1S/C9H16O.C4H6.CH2O/c1-7-3-5-9(6-4-7)8(2)10;1-3-4-2;1-2/h7,9H,3-6H2,1-2H3;3-4H,1-2H2;1H2. The number of hydrogen-bond donors (Lipinski definition) is 0. The molecule has 0 spiro atoms. The van der Waals surface area contributed by atoms with Crippen LogP contribution >= 0.6 is 0 Å². The molecule has 16 heavy (non-hydrogen) atoms. The Labute approximate surface area is 99.4 Å². The predicted octanol–water partition coefficient (Wildman–Crippen LogP) is 3.58. The molecule has 0 heterocycles. The van der Waals surface area contributed by atoms with Gasteiger partial charge in [-0.2, -0.15) is 0 Å². The largest absolute Gasteiger partial charge is 0.307 e. The van der Waals surface area contributed by atoms with Gasteiger partial charge in [0.05, 0.1) is 0 Å². The molecule has 0 unspecified atom stereocenters. The molecule has 0 aliphatic heterocycles. The summed E-state index contributed by atoms with van der Waals surface area (Å²) in [4.78, 5) is 18.9. The zero-order valence-corrected chi connectivity index (χ0v) is 10.6. The van der Waals surface area contributed by atoms with Gasteiger partial charge in [-0.15, -0.1) is 0 Å². The van der Waals surface area contributed by atoms with Crippen LogP contribution in [0.1, 0.15) is 39.5 Å². The highest BCUT2D eigenvalue weighted by Gasteiger charge is 2.20. The van der Waals surface area contributed by atoms with E-state index in [4.69, 9.17) is 4.79 Å². The Hall–Kier alpha value is -1.18. The summed E-state index contributed by atoms with van der Waals surface area (Å²) < 4.78 is 0. The van der Waals surface area contributed by atoms with E-state index in [2.05, 4.69) is 20.1 Å². The molecule has 92 valence electrons. The van der Waals surface area contributed by atoms with Crippen LogP contribution in [-0.2, 0) is 9.59 Å². The van der Waals surface area contributed by atoms with Gasteiger partial charge in [0.2, 0.25) is 0 Å². The van der Waals surface area contributed by atoms with Crippen molar-refractivity contribution < 1.29 is 9.59 Å². The topological polar surface area (TPSA) is 34.1 Å². The highest BCUT2D eigenvalue weighted by Crippen LogP contribution is 2.28. The molecular formula is C14H24O2. The lowest BCUT2D eigenvalue weighted by Crippen LogP contribution is -2.18. The van der Waals surface area contributed by atoms with Gasteiger partial charge in [0.1, 0.15) is 12.6 Å². The van der Waals surface area contributed by atoms with Crippen molar-refractivity contribution in [2.75, 3.05) is 0 Å². The molecule has 0 bridgehead atoms. The highest BCUT2D eigenvalue weighted by atomic mass is 16.1. The smallest absolute Gasteiger partial charge is 0.132 e. The van der Waals surface area contributed by atoms with Crippen LogP contribution in [0.5, 0.6) is 0 Å². The van der Waals surface area contributed by atoms with E-state index in [1.54, 1.807) is 19.1 Å². The molecule has 2 nitrogen and oxygen atoms in total. The Morgan fingerprint density at radius 2 is 1.44 bits per heavy atom. The lowest BCUT2D eigenvalue weighted by atomic mass is 9.81. The van der Waals surface area contributed by atoms with Gasteiger partial charge in [-0.3, -0.25) is 4.79 Å². The minimum absolute atomic E-state index is 0.395. The first-order valence-electron chi connectivity index (χ1n) is 5.64. The van der Waals surface area contributed by atoms with Crippen molar-refractivity contribution in [2.24, 2.45) is 11.8 Å². The molecule has 0 saturated heterocycles. The second kappa shape index (κ2) is 11.9. The third kappa shape index (κ3) is 9.38. The van der Waals surface area contributed by atoms with Crippen LogP contribution < -0.4 is 0 Å². The molecule has 1 aliphatic rings. The van der Waals surface area contributed by atoms with E-state index < -0.39 is 0 Å². The number of Topliss-reactive ketones (excluding diaryl/α,β-unsaturated/α-hetero) is 1. The first-order valence-corrected chi connectivity index (χ1v) is 5.64. The minimum Gasteiger partial charge on any atom is -0.307 e. The van der Waals surface area contributed by atoms with Gasteiger partial charge in [-0.25, -0.2) is 0 Å². The maximum absolute atomic E-state index is 10.9. The Balaban J connectivity index is 0. The molecule has 0 aromatic carbocycles. The molecule has 2 heteroatoms. The average Bonchev–Trinajstić information content (AvgIpc) is 2.32. The minimum atomic E-state index is 0.395. The number of rotatable bonds is 2. The Kier molecular flexibility index (Phi) is 12.8. The van der Waals surface area contributed by atoms with E-state index in [-0.39, 0.29) is 0 Å². The molecule has 0 aromatic rings. The third-order valence-electron chi connectivity index (χ3n) is 2.76. The van der Waals surface area contributed by atoms with Crippen LogP contribution in [0, 0.1) is 11.8 Å². The lowest BCUT2D eigenvalue weighted by Gasteiger charge is -2.23. The van der Waals surface area contributed by atoms with Crippen molar-refractivity contribution in [3.63, 3.8) is 0 Å². The van der Waals surface area contributed by atoms with Gasteiger partial charge in [-0.1, -0.05) is 45.1 Å². The summed E-state index contributed by atoms with van der Waals surface area (Å²) in [5, 5.41) is 0. The van der Waals surface area contributed by atoms with Crippen LogP contribution in [0.4, 0.5) is 0 Å². The number of carbonyl (C=O) groups is 2. The van der Waals surface area contributed by atoms with Gasteiger partial charge in [0, 0.05) is 5.92 Å². The first kappa shape index (κ1) is 17.2. The van der Waals surface area contributed by atoms with E-state index in [1.807, 2.05) is 6.79 Å². The summed E-state index contributed by atoms with van der Waals surface area (Å²) in [6, 6.07) is 0. The average molecular weight is 224 g/mol. The number of carbonyl (C=O) groups excluding carboxylic acids is 2. The molecule has 1 rings (SSSR count). The van der Waals surface area contributed by atoms with Gasteiger partial charge < -0.3 is 4.79 Å². The number of hydrogen-bond acceptors (Lipinski definition) is 2. The highest BCUT2D eigenvalue weighted by molar-refractivity contribution is 5.78. The molecular weight excluding hydrogens is 200 g/mol. The second-order valence-corrected chi connectivity index (χ2v) is 4.04. The Morgan fingerprint density at radius 1 is 1.06 bits per heavy atom. The van der Waals surface area contributed by atoms with Gasteiger partial charge in [0.15, 0.2) is 0 Å². The fourth-order valence-electron chi connectivity index (χ4n) is 1.67. The maximum Gasteiger partial charge on any atom is 0.132 e. The van der Waals surface area contributed by atoms with Crippen molar-refractivity contribution in [1.82, 2.24) is 0 Å². The third-order valence-corrected chi connectivity index (χ3v) is 2.76. The molecule has 1 aliphatic carbocycles. The fraction of sp³-hybridized carbons (Fsp3) is 0.571. The summed E-state index contributed by atoms with van der Waals surface area (Å²) in [6.07, 6.45) is 8.06. The van der Waals surface area contributed by atoms with E-state index >= 15 is 0 Å². The maximum atomic E-state index is 10.9. The van der Waals surface area contributed by atoms with Crippen LogP contribution in [0.15, 0.2) is 25.3 Å². The SMILES string of the molecule is C=CC=C.C=O.CC(=O)C1CCC(C)CC1. The van der Waals surface area contributed by atoms with Crippen molar-refractivity contribution >= 4 is 12.6 Å². The van der Waals surface area contributed by atoms with Crippen LogP contribution in [0.2, 0.25) is 0 Å². The zero-order valence-electron chi connectivity index (χ0n) is 10.6. The van der Waals surface area contributed by atoms with Gasteiger partial charge >= 0.3 is 0 Å². The predicted molar refractivity (Wildman–Crippen MR) is 69.3 cm³/mol. The van der Waals surface area contributed by atoms with E-state index in [9.17, 15) is 4.79 Å². The number of allylic oxidation sites excluding steroid dienone is 2. The fourth-order valence-corrected chi connectivity index (χ4v) is 1.67.